The number of anilines is 2. The minimum atomic E-state index is -3.70. The number of nitrogens with zero attached hydrogens (tertiary/aromatic N) is 3. The van der Waals surface area contributed by atoms with Gasteiger partial charge in [-0.05, 0) is 36.6 Å². The zero-order chi connectivity index (χ0) is 20.9. The zero-order valence-corrected chi connectivity index (χ0v) is 19.3. The van der Waals surface area contributed by atoms with Crippen molar-refractivity contribution in [2.75, 3.05) is 21.6 Å². The molecule has 0 radical (unpaired) electrons. The van der Waals surface area contributed by atoms with Crippen LogP contribution in [0.4, 0.5) is 10.8 Å². The molecule has 28 heavy (non-hydrogen) atoms. The highest BCUT2D eigenvalue weighted by atomic mass is 35.5. The Morgan fingerprint density at radius 1 is 1.29 bits per heavy atom. The Bertz CT molecular complexity index is 901. The second-order valence-electron chi connectivity index (χ2n) is 6.53. The van der Waals surface area contributed by atoms with Gasteiger partial charge in [0.05, 0.1) is 11.9 Å². The molecule has 2 rings (SSSR count). The summed E-state index contributed by atoms with van der Waals surface area (Å²) in [6.45, 7) is 5.97. The molecule has 0 saturated carbocycles. The Morgan fingerprint density at radius 2 is 1.93 bits per heavy atom. The summed E-state index contributed by atoms with van der Waals surface area (Å²) >= 11 is 8.74. The Balaban J connectivity index is 2.21. The van der Waals surface area contributed by atoms with Crippen LogP contribution in [0.1, 0.15) is 27.2 Å². The molecule has 0 unspecified atom stereocenters. The Morgan fingerprint density at radius 3 is 2.46 bits per heavy atom. The van der Waals surface area contributed by atoms with Crippen LogP contribution in [0, 0.1) is 5.92 Å². The van der Waals surface area contributed by atoms with Crippen molar-refractivity contribution in [2.45, 2.75) is 37.6 Å². The molecule has 154 valence electrons. The zero-order valence-electron chi connectivity index (χ0n) is 16.0. The first-order valence-electron chi connectivity index (χ1n) is 8.64. The summed E-state index contributed by atoms with van der Waals surface area (Å²) in [4.78, 5) is 12.8. The highest BCUT2D eigenvalue weighted by Gasteiger charge is 2.32. The molecule has 1 N–H and O–H groups in total. The average Bonchev–Trinajstić information content (AvgIpc) is 3.05. The SMILES string of the molecule is CC[C@H](C(=O)Nc1nnc(SCC(C)C)s1)N(c1ccc(Cl)cc1)S(C)(=O)=O. The molecule has 1 aromatic heterocycles. The molecule has 1 heterocycles. The molecule has 0 bridgehead atoms. The number of thioether (sulfide) groups is 1. The fourth-order valence-electron chi connectivity index (χ4n) is 2.39. The maximum atomic E-state index is 12.8. The lowest BCUT2D eigenvalue weighted by molar-refractivity contribution is -0.117. The van der Waals surface area contributed by atoms with Gasteiger partial charge in [-0.15, -0.1) is 10.2 Å². The molecule has 1 aromatic carbocycles. The third-order valence-corrected chi connectivity index (χ3v) is 7.42. The molecule has 0 aliphatic heterocycles. The second-order valence-corrected chi connectivity index (χ2v) is 11.1. The van der Waals surface area contributed by atoms with Crippen LogP contribution in [-0.2, 0) is 14.8 Å². The Hall–Kier alpha value is -1.36. The van der Waals surface area contributed by atoms with Crippen LogP contribution in [0.3, 0.4) is 0 Å². The van der Waals surface area contributed by atoms with E-state index < -0.39 is 22.0 Å². The van der Waals surface area contributed by atoms with Crippen molar-refractivity contribution in [3.05, 3.63) is 29.3 Å². The van der Waals surface area contributed by atoms with E-state index in [1.165, 1.54) is 11.3 Å². The average molecular weight is 463 g/mol. The molecule has 0 fully saturated rings. The fourth-order valence-corrected chi connectivity index (χ4v) is 5.46. The van der Waals surface area contributed by atoms with E-state index in [2.05, 4.69) is 29.4 Å². The minimum Gasteiger partial charge on any atom is -0.299 e. The number of sulfonamides is 1. The van der Waals surface area contributed by atoms with Crippen molar-refractivity contribution in [1.29, 1.82) is 0 Å². The van der Waals surface area contributed by atoms with E-state index in [1.807, 2.05) is 0 Å². The van der Waals surface area contributed by atoms with Gasteiger partial charge in [0.25, 0.3) is 0 Å². The lowest BCUT2D eigenvalue weighted by Crippen LogP contribution is -2.46. The van der Waals surface area contributed by atoms with Crippen molar-refractivity contribution < 1.29 is 13.2 Å². The van der Waals surface area contributed by atoms with Crippen molar-refractivity contribution in [1.82, 2.24) is 10.2 Å². The number of halogens is 1. The number of benzene rings is 1. The van der Waals surface area contributed by atoms with Crippen LogP contribution >= 0.6 is 34.7 Å². The van der Waals surface area contributed by atoms with Crippen LogP contribution in [0.25, 0.3) is 0 Å². The van der Waals surface area contributed by atoms with Gasteiger partial charge in [-0.1, -0.05) is 55.5 Å². The van der Waals surface area contributed by atoms with E-state index in [4.69, 9.17) is 11.6 Å². The number of nitrogens with one attached hydrogen (secondary N) is 1. The van der Waals surface area contributed by atoms with Crippen LogP contribution in [0.15, 0.2) is 28.6 Å². The normalized spacial score (nSPS) is 12.8. The van der Waals surface area contributed by atoms with E-state index in [1.54, 1.807) is 43.0 Å². The maximum Gasteiger partial charge on any atom is 0.250 e. The Labute approximate surface area is 178 Å². The molecule has 0 saturated heterocycles. The second kappa shape index (κ2) is 9.91. The first-order valence-corrected chi connectivity index (χ1v) is 12.7. The lowest BCUT2D eigenvalue weighted by Gasteiger charge is -2.29. The first kappa shape index (κ1) is 22.9. The largest absolute Gasteiger partial charge is 0.299 e. The number of rotatable bonds is 9. The first-order chi connectivity index (χ1) is 13.1. The summed E-state index contributed by atoms with van der Waals surface area (Å²) in [5, 5.41) is 11.6. The molecular weight excluding hydrogens is 440 g/mol. The topological polar surface area (TPSA) is 92.3 Å². The van der Waals surface area contributed by atoms with Gasteiger partial charge >= 0.3 is 0 Å². The van der Waals surface area contributed by atoms with Crippen LogP contribution in [0.5, 0.6) is 0 Å². The van der Waals surface area contributed by atoms with Gasteiger partial charge in [0.2, 0.25) is 21.1 Å². The number of carbonyl (C=O) groups is 1. The summed E-state index contributed by atoms with van der Waals surface area (Å²) in [6, 6.07) is 5.40. The van der Waals surface area contributed by atoms with Crippen molar-refractivity contribution in [2.24, 2.45) is 5.92 Å². The molecule has 1 amide bonds. The summed E-state index contributed by atoms with van der Waals surface area (Å²) in [7, 11) is -3.70. The highest BCUT2D eigenvalue weighted by molar-refractivity contribution is 8.01. The molecule has 0 spiro atoms. The van der Waals surface area contributed by atoms with Crippen LogP contribution in [-0.4, -0.2) is 42.6 Å². The van der Waals surface area contributed by atoms with Gasteiger partial charge in [0.15, 0.2) is 4.34 Å². The fraction of sp³-hybridized carbons (Fsp3) is 0.471. The van der Waals surface area contributed by atoms with E-state index in [9.17, 15) is 13.2 Å². The van der Waals surface area contributed by atoms with Crippen molar-refractivity contribution >= 4 is 61.4 Å². The number of aromatic nitrogens is 2. The molecule has 11 heteroatoms. The maximum absolute atomic E-state index is 12.8. The van der Waals surface area contributed by atoms with Crippen molar-refractivity contribution in [3.63, 3.8) is 0 Å². The summed E-state index contributed by atoms with van der Waals surface area (Å²) in [5.74, 6) is 0.956. The Kier molecular flexibility index (Phi) is 8.11. The number of carbonyl (C=O) groups excluding carboxylic acids is 1. The smallest absolute Gasteiger partial charge is 0.250 e. The van der Waals surface area contributed by atoms with E-state index >= 15 is 0 Å². The van der Waals surface area contributed by atoms with Gasteiger partial charge < -0.3 is 0 Å². The predicted molar refractivity (Wildman–Crippen MR) is 117 cm³/mol. The standard InChI is InChI=1S/C17H23ClN4O3S3/c1-5-14(22(28(4,24)25)13-8-6-12(18)7-9-13)15(23)19-16-20-21-17(27-16)26-10-11(2)3/h6-9,11,14H,5,10H2,1-4H3,(H,19,20,23)/t14-/m1/s1. The number of amides is 1. The summed E-state index contributed by atoms with van der Waals surface area (Å²) < 4.78 is 26.7. The van der Waals surface area contributed by atoms with Gasteiger partial charge in [0.1, 0.15) is 6.04 Å². The predicted octanol–water partition coefficient (Wildman–Crippen LogP) is 4.12. The lowest BCUT2D eigenvalue weighted by atomic mass is 10.2. The van der Waals surface area contributed by atoms with Crippen LogP contribution in [0.2, 0.25) is 5.02 Å². The van der Waals surface area contributed by atoms with Gasteiger partial charge in [-0.25, -0.2) is 8.42 Å². The molecule has 2 aromatic rings. The summed E-state index contributed by atoms with van der Waals surface area (Å²) in [5.41, 5.74) is 0.374. The molecule has 0 aliphatic carbocycles. The highest BCUT2D eigenvalue weighted by Crippen LogP contribution is 2.28. The molecule has 7 nitrogen and oxygen atoms in total. The van der Waals surface area contributed by atoms with Gasteiger partial charge in [-0.2, -0.15) is 0 Å². The van der Waals surface area contributed by atoms with E-state index in [0.29, 0.717) is 21.8 Å². The van der Waals surface area contributed by atoms with Gasteiger partial charge in [-0.3, -0.25) is 14.4 Å². The monoisotopic (exact) mass is 462 g/mol. The minimum absolute atomic E-state index is 0.287. The van der Waals surface area contributed by atoms with E-state index in [0.717, 1.165) is 20.7 Å². The number of hydrogen-bond acceptors (Lipinski definition) is 7. The van der Waals surface area contributed by atoms with E-state index in [-0.39, 0.29) is 6.42 Å². The molecule has 0 aliphatic rings. The van der Waals surface area contributed by atoms with Crippen molar-refractivity contribution in [3.8, 4) is 0 Å². The quantitative estimate of drug-likeness (QED) is 0.445. The summed E-state index contributed by atoms with van der Waals surface area (Å²) in [6.07, 6.45) is 1.36. The van der Waals surface area contributed by atoms with Crippen LogP contribution < -0.4 is 9.62 Å². The third-order valence-electron chi connectivity index (χ3n) is 3.59. The third kappa shape index (κ3) is 6.33. The molecule has 1 atom stereocenters. The molecular formula is C17H23ClN4O3S3. The number of hydrogen-bond donors (Lipinski definition) is 1. The van der Waals surface area contributed by atoms with Gasteiger partial charge in [0, 0.05) is 10.8 Å².